The molecule has 41 heavy (non-hydrogen) atoms. The number of nitrogens with zero attached hydrogens (tertiary/aromatic N) is 3. The quantitative estimate of drug-likeness (QED) is 0.553. The summed E-state index contributed by atoms with van der Waals surface area (Å²) in [4.78, 5) is 48.5. The summed E-state index contributed by atoms with van der Waals surface area (Å²) in [5, 5.41) is 10.5. The Morgan fingerprint density at radius 1 is 0.878 bits per heavy atom. The molecule has 1 unspecified atom stereocenters. The summed E-state index contributed by atoms with van der Waals surface area (Å²) in [6.07, 6.45) is 7.54. The monoisotopic (exact) mass is 555 g/mol. The average Bonchev–Trinajstić information content (AvgIpc) is 3.23. The summed E-state index contributed by atoms with van der Waals surface area (Å²) in [6, 6.07) is 17.5. The molecule has 8 heteroatoms. The number of aliphatic hydroxyl groups is 1. The Balaban J connectivity index is 1.47. The first-order valence-corrected chi connectivity index (χ1v) is 14.4. The van der Waals surface area contributed by atoms with E-state index in [1.165, 1.54) is 0 Å². The van der Waals surface area contributed by atoms with Crippen molar-refractivity contribution in [2.45, 2.75) is 50.6 Å². The lowest BCUT2D eigenvalue weighted by molar-refractivity contribution is -0.155. The standard InChI is InChI=1S/C33H37N3O5/c1-22(2)25(21-37)36-28-31(40)34(20-23-12-6-4-7-13-23)18-11-17-33(28)27(30(36)39)26-29(38)35(24-14-8-5-9-15-24)19-10-16-32(26,3)41-33/h4-17,22,25-28,37H,18-21H2,1-3H3/t25-,26-,27-,28?,32+,33-/m0/s1. The second-order valence-corrected chi connectivity index (χ2v) is 12.0. The third kappa shape index (κ3) is 4.23. The van der Waals surface area contributed by atoms with Crippen molar-refractivity contribution in [1.29, 1.82) is 0 Å². The van der Waals surface area contributed by atoms with E-state index >= 15 is 0 Å². The fourth-order valence-electron chi connectivity index (χ4n) is 7.27. The Morgan fingerprint density at radius 2 is 1.54 bits per heavy atom. The van der Waals surface area contributed by atoms with Crippen molar-refractivity contribution in [3.05, 3.63) is 90.5 Å². The average molecular weight is 556 g/mol. The van der Waals surface area contributed by atoms with Gasteiger partial charge in [-0.05, 0) is 30.5 Å². The first-order chi connectivity index (χ1) is 19.7. The van der Waals surface area contributed by atoms with Crippen LogP contribution in [0.25, 0.3) is 0 Å². The van der Waals surface area contributed by atoms with Crippen LogP contribution in [0.2, 0.25) is 0 Å². The van der Waals surface area contributed by atoms with Crippen molar-refractivity contribution in [3.8, 4) is 0 Å². The van der Waals surface area contributed by atoms with Gasteiger partial charge in [0.1, 0.15) is 11.6 Å². The highest BCUT2D eigenvalue weighted by Gasteiger charge is 2.75. The van der Waals surface area contributed by atoms with Crippen molar-refractivity contribution in [3.63, 3.8) is 0 Å². The maximum absolute atomic E-state index is 14.6. The number of carbonyl (C=O) groups is 3. The fourth-order valence-corrected chi connectivity index (χ4v) is 7.27. The molecular weight excluding hydrogens is 518 g/mol. The molecule has 6 rings (SSSR count). The minimum atomic E-state index is -1.36. The van der Waals surface area contributed by atoms with E-state index in [1.807, 2.05) is 106 Å². The molecule has 2 saturated heterocycles. The van der Waals surface area contributed by atoms with Gasteiger partial charge in [0.05, 0.1) is 30.1 Å². The third-order valence-electron chi connectivity index (χ3n) is 9.18. The number of aliphatic hydroxyl groups excluding tert-OH is 1. The maximum atomic E-state index is 14.6. The highest BCUT2D eigenvalue weighted by Crippen LogP contribution is 2.58. The number of anilines is 1. The Morgan fingerprint density at radius 3 is 2.20 bits per heavy atom. The minimum absolute atomic E-state index is 0.126. The van der Waals surface area contributed by atoms with Crippen LogP contribution in [0.15, 0.2) is 85.0 Å². The number of rotatable bonds is 6. The van der Waals surface area contributed by atoms with Gasteiger partial charge in [-0.2, -0.15) is 0 Å². The summed E-state index contributed by atoms with van der Waals surface area (Å²) in [6.45, 7) is 6.46. The second kappa shape index (κ2) is 10.3. The molecule has 8 nitrogen and oxygen atoms in total. The van der Waals surface area contributed by atoms with E-state index < -0.39 is 35.1 Å². The normalized spacial score (nSPS) is 31.7. The molecule has 1 spiro atoms. The molecule has 1 N–H and O–H groups in total. The summed E-state index contributed by atoms with van der Waals surface area (Å²) >= 11 is 0. The van der Waals surface area contributed by atoms with E-state index in [1.54, 1.807) is 14.7 Å². The molecule has 0 aromatic heterocycles. The minimum Gasteiger partial charge on any atom is -0.394 e. The van der Waals surface area contributed by atoms with Crippen molar-refractivity contribution in [2.24, 2.45) is 17.8 Å². The molecule has 3 amide bonds. The van der Waals surface area contributed by atoms with Crippen molar-refractivity contribution >= 4 is 23.4 Å². The molecule has 4 aliphatic heterocycles. The lowest BCUT2D eigenvalue weighted by Gasteiger charge is -2.41. The zero-order valence-electron chi connectivity index (χ0n) is 23.7. The number of fused-ring (bicyclic) bond motifs is 2. The van der Waals surface area contributed by atoms with E-state index in [2.05, 4.69) is 0 Å². The van der Waals surface area contributed by atoms with Crippen LogP contribution < -0.4 is 4.90 Å². The number of hydrogen-bond acceptors (Lipinski definition) is 5. The SMILES string of the molecule is CC(C)[C@H](CO)N1C(=O)[C@@H]2[C@H]3C(=O)N(c4ccccc4)CC=C[C@@]3(C)O[C@@]23C=CCN(Cc2ccccc2)C(=O)C13. The Labute approximate surface area is 240 Å². The van der Waals surface area contributed by atoms with E-state index in [0.29, 0.717) is 19.6 Å². The number of para-hydroxylation sites is 1. The van der Waals surface area contributed by atoms with Gasteiger partial charge in [0.2, 0.25) is 17.7 Å². The summed E-state index contributed by atoms with van der Waals surface area (Å²) < 4.78 is 6.91. The molecule has 0 bridgehead atoms. The molecule has 2 fully saturated rings. The number of amides is 3. The highest BCUT2D eigenvalue weighted by atomic mass is 16.5. The van der Waals surface area contributed by atoms with Crippen LogP contribution in [0.4, 0.5) is 5.69 Å². The topological polar surface area (TPSA) is 90.4 Å². The lowest BCUT2D eigenvalue weighted by Crippen LogP contribution is -2.59. The first kappa shape index (κ1) is 27.4. The number of benzene rings is 2. The molecule has 6 atom stereocenters. The van der Waals surface area contributed by atoms with Gasteiger partial charge < -0.3 is 24.5 Å². The molecule has 0 saturated carbocycles. The van der Waals surface area contributed by atoms with Gasteiger partial charge in [-0.1, -0.05) is 86.7 Å². The number of hydrogen-bond donors (Lipinski definition) is 1. The van der Waals surface area contributed by atoms with Crippen LogP contribution in [-0.4, -0.2) is 75.6 Å². The van der Waals surface area contributed by atoms with Gasteiger partial charge >= 0.3 is 0 Å². The van der Waals surface area contributed by atoms with Crippen LogP contribution in [0.3, 0.4) is 0 Å². The Bertz CT molecular complexity index is 1390. The largest absolute Gasteiger partial charge is 0.394 e. The molecule has 0 radical (unpaired) electrons. The molecular formula is C33H37N3O5. The first-order valence-electron chi connectivity index (χ1n) is 14.4. The Kier molecular flexibility index (Phi) is 6.86. The van der Waals surface area contributed by atoms with Gasteiger partial charge in [0.15, 0.2) is 0 Å². The van der Waals surface area contributed by atoms with E-state index in [9.17, 15) is 19.5 Å². The molecule has 2 aromatic carbocycles. The number of likely N-dealkylation sites (tertiary alicyclic amines) is 1. The van der Waals surface area contributed by atoms with Gasteiger partial charge in [-0.3, -0.25) is 14.4 Å². The van der Waals surface area contributed by atoms with Gasteiger partial charge in [0, 0.05) is 25.3 Å². The van der Waals surface area contributed by atoms with Crippen LogP contribution in [0.1, 0.15) is 26.3 Å². The van der Waals surface area contributed by atoms with Crippen molar-refractivity contribution in [2.75, 3.05) is 24.6 Å². The summed E-state index contributed by atoms with van der Waals surface area (Å²) in [5.74, 6) is -2.69. The van der Waals surface area contributed by atoms with Gasteiger partial charge in [-0.25, -0.2) is 0 Å². The predicted molar refractivity (Wildman–Crippen MR) is 154 cm³/mol. The Hall–Kier alpha value is -3.75. The molecule has 0 aliphatic carbocycles. The number of carbonyl (C=O) groups excluding carboxylic acids is 3. The second-order valence-electron chi connectivity index (χ2n) is 12.0. The van der Waals surface area contributed by atoms with E-state index in [0.717, 1.165) is 11.3 Å². The number of ether oxygens (including phenoxy) is 1. The van der Waals surface area contributed by atoms with Crippen molar-refractivity contribution in [1.82, 2.24) is 9.80 Å². The van der Waals surface area contributed by atoms with E-state index in [4.69, 9.17) is 4.74 Å². The fraction of sp³-hybridized carbons (Fsp3) is 0.424. The zero-order chi connectivity index (χ0) is 28.9. The van der Waals surface area contributed by atoms with Crippen LogP contribution in [0, 0.1) is 17.8 Å². The lowest BCUT2D eigenvalue weighted by atomic mass is 9.74. The van der Waals surface area contributed by atoms with Gasteiger partial charge in [0.25, 0.3) is 0 Å². The predicted octanol–water partition coefficient (Wildman–Crippen LogP) is 3.18. The van der Waals surface area contributed by atoms with Crippen LogP contribution >= 0.6 is 0 Å². The third-order valence-corrected chi connectivity index (χ3v) is 9.18. The molecule has 4 aliphatic rings. The smallest absolute Gasteiger partial charge is 0.249 e. The molecule has 2 aromatic rings. The summed E-state index contributed by atoms with van der Waals surface area (Å²) in [7, 11) is 0. The molecule has 214 valence electrons. The summed E-state index contributed by atoms with van der Waals surface area (Å²) in [5.41, 5.74) is -0.748. The van der Waals surface area contributed by atoms with Crippen LogP contribution in [0.5, 0.6) is 0 Å². The zero-order valence-corrected chi connectivity index (χ0v) is 23.7. The highest BCUT2D eigenvalue weighted by molar-refractivity contribution is 6.04. The van der Waals surface area contributed by atoms with Crippen molar-refractivity contribution < 1.29 is 24.2 Å². The molecule has 4 heterocycles. The van der Waals surface area contributed by atoms with Crippen LogP contribution in [-0.2, 0) is 25.7 Å². The van der Waals surface area contributed by atoms with Gasteiger partial charge in [-0.15, -0.1) is 0 Å². The van der Waals surface area contributed by atoms with E-state index in [-0.39, 0.29) is 30.2 Å². The maximum Gasteiger partial charge on any atom is 0.249 e.